The standard InChI is InChI=1S/C6H15NO3S/c1-2-7-5-3-4-6-10-11(8)9/h7,11H,2-6H2,1H3. The van der Waals surface area contributed by atoms with Crippen molar-refractivity contribution in [1.29, 1.82) is 0 Å². The van der Waals surface area contributed by atoms with Crippen molar-refractivity contribution in [2.45, 2.75) is 19.8 Å². The highest BCUT2D eigenvalue weighted by molar-refractivity contribution is 7.67. The fourth-order valence-electron chi connectivity index (χ4n) is 0.668. The Balaban J connectivity index is 2.90. The van der Waals surface area contributed by atoms with Gasteiger partial charge < -0.3 is 5.32 Å². The third-order valence-corrected chi connectivity index (χ3v) is 1.59. The van der Waals surface area contributed by atoms with Gasteiger partial charge in [-0.2, -0.15) is 0 Å². The molecule has 0 amide bonds. The van der Waals surface area contributed by atoms with Gasteiger partial charge in [-0.1, -0.05) is 6.92 Å². The maximum Gasteiger partial charge on any atom is 0.257 e. The monoisotopic (exact) mass is 181 g/mol. The van der Waals surface area contributed by atoms with Gasteiger partial charge in [0.25, 0.3) is 11.0 Å². The largest absolute Gasteiger partial charge is 0.317 e. The molecule has 68 valence electrons. The summed E-state index contributed by atoms with van der Waals surface area (Å²) in [6, 6.07) is 0. The number of hydrogen-bond donors (Lipinski definition) is 2. The molecule has 0 rings (SSSR count). The summed E-state index contributed by atoms with van der Waals surface area (Å²) in [4.78, 5) is 0. The molecule has 1 N–H and O–H groups in total. The van der Waals surface area contributed by atoms with Crippen LogP contribution < -0.4 is 5.32 Å². The van der Waals surface area contributed by atoms with Gasteiger partial charge in [0.15, 0.2) is 0 Å². The van der Waals surface area contributed by atoms with Gasteiger partial charge >= 0.3 is 0 Å². The molecule has 0 radical (unpaired) electrons. The van der Waals surface area contributed by atoms with Crippen molar-refractivity contribution in [2.24, 2.45) is 0 Å². The van der Waals surface area contributed by atoms with Crippen molar-refractivity contribution in [1.82, 2.24) is 5.32 Å². The van der Waals surface area contributed by atoms with Gasteiger partial charge in [-0.15, -0.1) is 0 Å². The molecule has 4 nitrogen and oxygen atoms in total. The molecule has 0 heterocycles. The second-order valence-corrected chi connectivity index (χ2v) is 2.82. The van der Waals surface area contributed by atoms with Gasteiger partial charge in [-0.05, 0) is 25.9 Å². The summed E-state index contributed by atoms with van der Waals surface area (Å²) < 4.78 is 24.1. The van der Waals surface area contributed by atoms with Crippen LogP contribution in [0.15, 0.2) is 0 Å². The third-order valence-electron chi connectivity index (χ3n) is 1.19. The van der Waals surface area contributed by atoms with Crippen LogP contribution in [0.25, 0.3) is 0 Å². The fraction of sp³-hybridized carbons (Fsp3) is 1.00. The van der Waals surface area contributed by atoms with E-state index < -0.39 is 11.0 Å². The van der Waals surface area contributed by atoms with Crippen LogP contribution in [0.1, 0.15) is 19.8 Å². The Morgan fingerprint density at radius 1 is 1.36 bits per heavy atom. The molecule has 0 aliphatic carbocycles. The molecule has 11 heavy (non-hydrogen) atoms. The number of rotatable bonds is 7. The van der Waals surface area contributed by atoms with Crippen LogP contribution in [0.3, 0.4) is 0 Å². The van der Waals surface area contributed by atoms with Crippen LogP contribution in [0, 0.1) is 0 Å². The van der Waals surface area contributed by atoms with Crippen LogP contribution in [0.2, 0.25) is 0 Å². The summed E-state index contributed by atoms with van der Waals surface area (Å²) in [5, 5.41) is 3.13. The molecule has 0 unspecified atom stereocenters. The van der Waals surface area contributed by atoms with Crippen LogP contribution >= 0.6 is 0 Å². The third kappa shape index (κ3) is 9.87. The Morgan fingerprint density at radius 3 is 2.64 bits per heavy atom. The highest BCUT2D eigenvalue weighted by atomic mass is 32.2. The summed E-state index contributed by atoms with van der Waals surface area (Å²) in [5.74, 6) is 0. The Labute approximate surface area is 69.1 Å². The lowest BCUT2D eigenvalue weighted by Crippen LogP contribution is -2.14. The molecule has 0 spiro atoms. The van der Waals surface area contributed by atoms with E-state index >= 15 is 0 Å². The van der Waals surface area contributed by atoms with Crippen LogP contribution in [-0.2, 0) is 15.2 Å². The van der Waals surface area contributed by atoms with Crippen molar-refractivity contribution in [3.63, 3.8) is 0 Å². The molecule has 0 aromatic carbocycles. The SMILES string of the molecule is CCNCCCCO[SH](=O)=O. The molecular weight excluding hydrogens is 166 g/mol. The van der Waals surface area contributed by atoms with Crippen LogP contribution in [-0.4, -0.2) is 28.1 Å². The Bertz CT molecular complexity index is 139. The Kier molecular flexibility index (Phi) is 7.88. The van der Waals surface area contributed by atoms with Gasteiger partial charge in [0.2, 0.25) is 0 Å². The predicted molar refractivity (Wildman–Crippen MR) is 44.0 cm³/mol. The van der Waals surface area contributed by atoms with E-state index in [2.05, 4.69) is 9.50 Å². The van der Waals surface area contributed by atoms with E-state index in [1.165, 1.54) is 0 Å². The first-order chi connectivity index (χ1) is 5.27. The number of hydrogen-bond acceptors (Lipinski definition) is 4. The minimum absolute atomic E-state index is 0.310. The lowest BCUT2D eigenvalue weighted by atomic mass is 10.3. The molecule has 0 aromatic rings. The molecule has 0 saturated carbocycles. The second-order valence-electron chi connectivity index (χ2n) is 2.12. The molecule has 0 atom stereocenters. The van der Waals surface area contributed by atoms with Gasteiger partial charge in [0.1, 0.15) is 0 Å². The van der Waals surface area contributed by atoms with E-state index in [1.807, 2.05) is 6.92 Å². The fourth-order valence-corrected chi connectivity index (χ4v) is 0.946. The van der Waals surface area contributed by atoms with Crippen molar-refractivity contribution in [3.05, 3.63) is 0 Å². The smallest absolute Gasteiger partial charge is 0.257 e. The van der Waals surface area contributed by atoms with E-state index in [-0.39, 0.29) is 0 Å². The van der Waals surface area contributed by atoms with Crippen LogP contribution in [0.5, 0.6) is 0 Å². The van der Waals surface area contributed by atoms with E-state index in [4.69, 9.17) is 0 Å². The maximum atomic E-state index is 9.89. The first-order valence-electron chi connectivity index (χ1n) is 3.75. The summed E-state index contributed by atoms with van der Waals surface area (Å²) in [6.07, 6.45) is 1.74. The average molecular weight is 181 g/mol. The van der Waals surface area contributed by atoms with Crippen molar-refractivity contribution in [3.8, 4) is 0 Å². The normalized spacial score (nSPS) is 10.7. The van der Waals surface area contributed by atoms with E-state index in [9.17, 15) is 8.42 Å². The Hall–Kier alpha value is -0.130. The number of thiol groups is 1. The molecule has 0 bridgehead atoms. The minimum Gasteiger partial charge on any atom is -0.317 e. The molecule has 0 aromatic heterocycles. The van der Waals surface area contributed by atoms with E-state index in [1.54, 1.807) is 0 Å². The maximum absolute atomic E-state index is 9.89. The minimum atomic E-state index is -2.65. The highest BCUT2D eigenvalue weighted by Crippen LogP contribution is 1.87. The quantitative estimate of drug-likeness (QED) is 0.426. The zero-order valence-corrected chi connectivity index (χ0v) is 7.60. The van der Waals surface area contributed by atoms with Crippen molar-refractivity contribution in [2.75, 3.05) is 19.7 Å². The Morgan fingerprint density at radius 2 is 2.09 bits per heavy atom. The van der Waals surface area contributed by atoms with Crippen molar-refractivity contribution < 1.29 is 12.6 Å². The zero-order valence-electron chi connectivity index (χ0n) is 6.71. The van der Waals surface area contributed by atoms with Crippen LogP contribution in [0.4, 0.5) is 0 Å². The van der Waals surface area contributed by atoms with E-state index in [0.717, 1.165) is 25.9 Å². The average Bonchev–Trinajstić information content (AvgIpc) is 1.96. The van der Waals surface area contributed by atoms with E-state index in [0.29, 0.717) is 6.61 Å². The second kappa shape index (κ2) is 7.97. The highest BCUT2D eigenvalue weighted by Gasteiger charge is 1.88. The van der Waals surface area contributed by atoms with Crippen molar-refractivity contribution >= 4 is 11.0 Å². The molecule has 0 aliphatic rings. The van der Waals surface area contributed by atoms with Gasteiger partial charge in [0.05, 0.1) is 6.61 Å². The van der Waals surface area contributed by atoms with Gasteiger partial charge in [-0.3, -0.25) is 4.18 Å². The first kappa shape index (κ1) is 10.9. The summed E-state index contributed by atoms with van der Waals surface area (Å²) >= 11 is 0. The zero-order chi connectivity index (χ0) is 8.53. The topological polar surface area (TPSA) is 55.4 Å². The number of unbranched alkanes of at least 4 members (excludes halogenated alkanes) is 1. The molecular formula is C6H15NO3S. The molecule has 0 saturated heterocycles. The lowest BCUT2D eigenvalue weighted by Gasteiger charge is -1.99. The molecule has 0 fully saturated rings. The summed E-state index contributed by atoms with van der Waals surface area (Å²) in [7, 11) is -2.65. The van der Waals surface area contributed by atoms with Gasteiger partial charge in [-0.25, -0.2) is 8.42 Å². The molecule has 0 aliphatic heterocycles. The molecule has 5 heteroatoms. The summed E-state index contributed by atoms with van der Waals surface area (Å²) in [5.41, 5.74) is 0. The first-order valence-corrected chi connectivity index (χ1v) is 4.85. The predicted octanol–water partition coefficient (Wildman–Crippen LogP) is -0.0809. The van der Waals surface area contributed by atoms with Gasteiger partial charge in [0, 0.05) is 0 Å². The summed E-state index contributed by atoms with van der Waals surface area (Å²) in [6.45, 7) is 4.22. The lowest BCUT2D eigenvalue weighted by molar-refractivity contribution is 0.321. The number of nitrogens with one attached hydrogen (secondary N) is 1.